The highest BCUT2D eigenvalue weighted by molar-refractivity contribution is 7.98. The molecule has 1 fully saturated rings. The Morgan fingerprint density at radius 2 is 2.00 bits per heavy atom. The summed E-state index contributed by atoms with van der Waals surface area (Å²) >= 11 is 3.17. The van der Waals surface area contributed by atoms with Gasteiger partial charge in [-0.15, -0.1) is 21.5 Å². The largest absolute Gasteiger partial charge is 0.309 e. The van der Waals surface area contributed by atoms with Crippen molar-refractivity contribution in [2.24, 2.45) is 5.92 Å². The molecule has 1 saturated carbocycles. The fourth-order valence-electron chi connectivity index (χ4n) is 5.46. The van der Waals surface area contributed by atoms with Crippen molar-refractivity contribution in [1.29, 1.82) is 0 Å². The van der Waals surface area contributed by atoms with Gasteiger partial charge in [0.15, 0.2) is 11.0 Å². The average molecular weight is 510 g/mol. The number of halogens is 1. The van der Waals surface area contributed by atoms with Crippen molar-refractivity contribution < 1.29 is 4.39 Å². The Labute approximate surface area is 211 Å². The number of thioether (sulfide) groups is 1. The Balaban J connectivity index is 1.32. The summed E-state index contributed by atoms with van der Waals surface area (Å²) < 4.78 is 16.8. The molecule has 35 heavy (non-hydrogen) atoms. The van der Waals surface area contributed by atoms with Crippen LogP contribution < -0.4 is 5.56 Å². The molecule has 0 radical (unpaired) electrons. The Kier molecular flexibility index (Phi) is 6.22. The molecule has 0 bridgehead atoms. The highest BCUT2D eigenvalue weighted by Gasteiger charge is 2.26. The minimum Gasteiger partial charge on any atom is -0.309 e. The zero-order valence-corrected chi connectivity index (χ0v) is 21.4. The zero-order valence-electron chi connectivity index (χ0n) is 19.7. The summed E-state index contributed by atoms with van der Waals surface area (Å²) in [6.45, 7) is 2.27. The highest BCUT2D eigenvalue weighted by atomic mass is 32.2. The van der Waals surface area contributed by atoms with Crippen LogP contribution in [0.25, 0.3) is 21.6 Å². The number of hydrogen-bond donors (Lipinski definition) is 1. The molecule has 1 aromatic carbocycles. The second-order valence-corrected chi connectivity index (χ2v) is 11.8. The molecule has 1 atom stereocenters. The van der Waals surface area contributed by atoms with E-state index in [2.05, 4.69) is 26.7 Å². The molecule has 9 heteroatoms. The first-order chi connectivity index (χ1) is 17.1. The molecule has 2 aliphatic carbocycles. The summed E-state index contributed by atoms with van der Waals surface area (Å²) in [5, 5.41) is 10.4. The first-order valence-corrected chi connectivity index (χ1v) is 14.2. The molecule has 6 nitrogen and oxygen atoms in total. The molecule has 3 aromatic heterocycles. The quantitative estimate of drug-likeness (QED) is 0.319. The van der Waals surface area contributed by atoms with Crippen LogP contribution in [0.3, 0.4) is 0 Å². The van der Waals surface area contributed by atoms with Gasteiger partial charge < -0.3 is 4.98 Å². The third-order valence-corrected chi connectivity index (χ3v) is 9.37. The van der Waals surface area contributed by atoms with E-state index in [-0.39, 0.29) is 17.4 Å². The number of aryl methyl sites for hydroxylation is 1. The van der Waals surface area contributed by atoms with Crippen LogP contribution in [0.5, 0.6) is 0 Å². The van der Waals surface area contributed by atoms with Crippen molar-refractivity contribution in [3.8, 4) is 11.4 Å². The first-order valence-electron chi connectivity index (χ1n) is 12.4. The number of thiophene rings is 1. The summed E-state index contributed by atoms with van der Waals surface area (Å²) in [4.78, 5) is 23.0. The lowest BCUT2D eigenvalue weighted by molar-refractivity contribution is 0.339. The molecule has 0 saturated heterocycles. The molecule has 3 heterocycles. The Hall–Kier alpha value is -2.52. The third kappa shape index (κ3) is 4.33. The zero-order chi connectivity index (χ0) is 23.9. The molecule has 182 valence electrons. The maximum absolute atomic E-state index is 14.7. The van der Waals surface area contributed by atoms with E-state index in [9.17, 15) is 9.18 Å². The summed E-state index contributed by atoms with van der Waals surface area (Å²) in [5.74, 6) is 2.06. The lowest BCUT2D eigenvalue weighted by Crippen LogP contribution is -2.16. The van der Waals surface area contributed by atoms with Crippen molar-refractivity contribution in [3.05, 3.63) is 56.7 Å². The van der Waals surface area contributed by atoms with Gasteiger partial charge in [-0.3, -0.25) is 9.36 Å². The van der Waals surface area contributed by atoms with Crippen LogP contribution >= 0.6 is 23.1 Å². The summed E-state index contributed by atoms with van der Waals surface area (Å²) in [6, 6.07) is 7.00. The molecule has 0 aliphatic heterocycles. The van der Waals surface area contributed by atoms with Crippen molar-refractivity contribution in [2.45, 2.75) is 75.2 Å². The van der Waals surface area contributed by atoms with Crippen molar-refractivity contribution in [2.75, 3.05) is 0 Å². The molecular formula is C26H28FN5OS2. The highest BCUT2D eigenvalue weighted by Crippen LogP contribution is 2.38. The van der Waals surface area contributed by atoms with E-state index in [1.165, 1.54) is 34.7 Å². The molecule has 1 unspecified atom stereocenters. The van der Waals surface area contributed by atoms with Gasteiger partial charge in [0.05, 0.1) is 16.7 Å². The summed E-state index contributed by atoms with van der Waals surface area (Å²) in [5.41, 5.74) is 1.63. The number of benzene rings is 1. The number of aromatic amines is 1. The van der Waals surface area contributed by atoms with Gasteiger partial charge in [0.2, 0.25) is 0 Å². The number of nitrogens with zero attached hydrogens (tertiary/aromatic N) is 4. The molecule has 0 amide bonds. The predicted octanol–water partition coefficient (Wildman–Crippen LogP) is 6.30. The average Bonchev–Trinajstić information content (AvgIpc) is 3.44. The van der Waals surface area contributed by atoms with Crippen LogP contribution in [0.1, 0.15) is 67.8 Å². The van der Waals surface area contributed by atoms with E-state index < -0.39 is 0 Å². The minimum absolute atomic E-state index is 0.0431. The lowest BCUT2D eigenvalue weighted by Gasteiger charge is -2.25. The van der Waals surface area contributed by atoms with Gasteiger partial charge in [0, 0.05) is 10.9 Å². The predicted molar refractivity (Wildman–Crippen MR) is 139 cm³/mol. The van der Waals surface area contributed by atoms with Crippen LogP contribution in [-0.4, -0.2) is 24.7 Å². The maximum Gasteiger partial charge on any atom is 0.259 e. The summed E-state index contributed by atoms with van der Waals surface area (Å²) in [7, 11) is 0. The standard InChI is InChI=1S/C26H28FN5OS2/c1-15-11-12-18-20(13-15)35-25-22(18)24(33)28-21(29-25)14-34-26-31-30-23(17-9-5-6-10-19(17)27)32(26)16-7-3-2-4-8-16/h5-6,9-10,15-16H,2-4,7-8,11-14H2,1H3,(H,28,29,33). The van der Waals surface area contributed by atoms with Gasteiger partial charge in [-0.05, 0) is 55.7 Å². The first kappa shape index (κ1) is 22.9. The molecule has 4 aromatic rings. The van der Waals surface area contributed by atoms with Gasteiger partial charge in [0.25, 0.3) is 5.56 Å². The smallest absolute Gasteiger partial charge is 0.259 e. The third-order valence-electron chi connectivity index (χ3n) is 7.27. The van der Waals surface area contributed by atoms with Crippen LogP contribution in [-0.2, 0) is 18.6 Å². The topological polar surface area (TPSA) is 76.5 Å². The second-order valence-electron chi connectivity index (χ2n) is 9.78. The number of rotatable bonds is 5. The van der Waals surface area contributed by atoms with Crippen molar-refractivity contribution >= 4 is 33.3 Å². The van der Waals surface area contributed by atoms with Crippen LogP contribution in [0.2, 0.25) is 0 Å². The Morgan fingerprint density at radius 3 is 2.83 bits per heavy atom. The Bertz CT molecular complexity index is 1440. The molecule has 6 rings (SSSR count). The van der Waals surface area contributed by atoms with Crippen LogP contribution in [0.4, 0.5) is 4.39 Å². The monoisotopic (exact) mass is 509 g/mol. The van der Waals surface area contributed by atoms with E-state index in [1.54, 1.807) is 23.5 Å². The SMILES string of the molecule is CC1CCc2c(sc3nc(CSc4nnc(-c5ccccc5F)n4C4CCCCC4)[nH]c(=O)c23)C1. The van der Waals surface area contributed by atoms with Crippen molar-refractivity contribution in [3.63, 3.8) is 0 Å². The van der Waals surface area contributed by atoms with Crippen molar-refractivity contribution in [1.82, 2.24) is 24.7 Å². The van der Waals surface area contributed by atoms with Gasteiger partial charge in [-0.1, -0.05) is 50.1 Å². The summed E-state index contributed by atoms with van der Waals surface area (Å²) in [6.07, 6.45) is 8.71. The van der Waals surface area contributed by atoms with E-state index in [1.807, 2.05) is 6.07 Å². The fraction of sp³-hybridized carbons (Fsp3) is 0.462. The van der Waals surface area contributed by atoms with E-state index in [0.717, 1.165) is 60.3 Å². The van der Waals surface area contributed by atoms with Gasteiger partial charge >= 0.3 is 0 Å². The molecule has 1 N–H and O–H groups in total. The number of hydrogen-bond acceptors (Lipinski definition) is 6. The minimum atomic E-state index is -0.291. The molecule has 0 spiro atoms. The van der Waals surface area contributed by atoms with Gasteiger partial charge in [-0.2, -0.15) is 0 Å². The fourth-order valence-corrected chi connectivity index (χ4v) is 7.74. The number of H-pyrrole nitrogens is 1. The van der Waals surface area contributed by atoms with Crippen LogP contribution in [0.15, 0.2) is 34.2 Å². The lowest BCUT2D eigenvalue weighted by atomic mass is 9.89. The molecule has 2 aliphatic rings. The Morgan fingerprint density at radius 1 is 1.17 bits per heavy atom. The van der Waals surface area contributed by atoms with Crippen LogP contribution in [0, 0.1) is 11.7 Å². The van der Waals surface area contributed by atoms with Gasteiger partial charge in [-0.25, -0.2) is 9.37 Å². The normalized spacial score (nSPS) is 18.7. The van der Waals surface area contributed by atoms with Gasteiger partial charge in [0.1, 0.15) is 16.5 Å². The second kappa shape index (κ2) is 9.50. The molecular weight excluding hydrogens is 481 g/mol. The number of fused-ring (bicyclic) bond motifs is 3. The number of aromatic nitrogens is 5. The number of nitrogens with one attached hydrogen (secondary N) is 1. The van der Waals surface area contributed by atoms with E-state index in [4.69, 9.17) is 4.98 Å². The van der Waals surface area contributed by atoms with E-state index >= 15 is 0 Å². The maximum atomic E-state index is 14.7. The van der Waals surface area contributed by atoms with E-state index in [0.29, 0.717) is 28.9 Å².